The van der Waals surface area contributed by atoms with Crippen LogP contribution in [0.25, 0.3) is 0 Å². The lowest BCUT2D eigenvalue weighted by atomic mass is 9.63. The molecule has 1 saturated heterocycles. The maximum Gasteiger partial charge on any atom is 0.254 e. The van der Waals surface area contributed by atoms with Crippen LogP contribution >= 0.6 is 15.9 Å². The zero-order chi connectivity index (χ0) is 16.6. The van der Waals surface area contributed by atoms with E-state index in [4.69, 9.17) is 0 Å². The molecule has 6 rings (SSSR count). The van der Waals surface area contributed by atoms with E-state index in [1.54, 1.807) is 12.1 Å². The zero-order valence-electron chi connectivity index (χ0n) is 12.7. The lowest BCUT2D eigenvalue weighted by Crippen LogP contribution is -2.40. The van der Waals surface area contributed by atoms with E-state index in [9.17, 15) is 14.7 Å². The Bertz CT molecular complexity index is 798. The molecule has 0 unspecified atom stereocenters. The lowest BCUT2D eigenvalue weighted by molar-refractivity contribution is -0.140. The van der Waals surface area contributed by atoms with Crippen molar-refractivity contribution in [2.75, 3.05) is 0 Å². The van der Waals surface area contributed by atoms with Gasteiger partial charge >= 0.3 is 0 Å². The quantitative estimate of drug-likeness (QED) is 0.482. The molecular weight excluding hydrogens is 372 g/mol. The predicted molar refractivity (Wildman–Crippen MR) is 90.0 cm³/mol. The molecule has 0 aromatic heterocycles. The first-order chi connectivity index (χ1) is 11.6. The van der Waals surface area contributed by atoms with Crippen LogP contribution in [0.3, 0.4) is 0 Å². The highest BCUT2D eigenvalue weighted by Gasteiger charge is 2.67. The number of halogens is 1. The third kappa shape index (κ3) is 1.83. The Morgan fingerprint density at radius 3 is 2.33 bits per heavy atom. The van der Waals surface area contributed by atoms with Crippen LogP contribution in [0.1, 0.15) is 12.0 Å². The Kier molecular flexibility index (Phi) is 2.87. The second-order valence-corrected chi connectivity index (χ2v) is 7.95. The fourth-order valence-electron chi connectivity index (χ4n) is 4.78. The van der Waals surface area contributed by atoms with Gasteiger partial charge in [0.2, 0.25) is 0 Å². The van der Waals surface area contributed by atoms with E-state index in [0.717, 1.165) is 11.4 Å². The highest BCUT2D eigenvalue weighted by Crippen LogP contribution is 2.65. The summed E-state index contributed by atoms with van der Waals surface area (Å²) in [4.78, 5) is 25.5. The summed E-state index contributed by atoms with van der Waals surface area (Å²) >= 11 is 3.24. The van der Waals surface area contributed by atoms with E-state index < -0.39 is 0 Å². The van der Waals surface area contributed by atoms with Crippen LogP contribution in [-0.4, -0.2) is 28.1 Å². The summed E-state index contributed by atoms with van der Waals surface area (Å²) in [6.45, 7) is 0. The normalized spacial score (nSPS) is 38.8. The number of hydrogen-bond donors (Lipinski definition) is 1. The van der Waals surface area contributed by atoms with Gasteiger partial charge in [-0.25, -0.2) is 0 Å². The number of rotatable bonds is 2. The van der Waals surface area contributed by atoms with Crippen LogP contribution in [-0.2, 0) is 9.59 Å². The number of imide groups is 1. The van der Waals surface area contributed by atoms with Crippen molar-refractivity contribution in [3.05, 3.63) is 40.4 Å². The molecule has 0 radical (unpaired) electrons. The van der Waals surface area contributed by atoms with Gasteiger partial charge < -0.3 is 5.11 Å². The second-order valence-electron chi connectivity index (χ2n) is 7.10. The zero-order valence-corrected chi connectivity index (χ0v) is 14.3. The molecule has 6 heteroatoms. The number of nitrogens with zero attached hydrogens (tertiary/aromatic N) is 2. The van der Waals surface area contributed by atoms with Crippen molar-refractivity contribution in [2.24, 2.45) is 40.6 Å². The van der Waals surface area contributed by atoms with Crippen LogP contribution in [0.4, 0.5) is 0 Å². The van der Waals surface area contributed by atoms with Crippen molar-refractivity contribution < 1.29 is 14.7 Å². The van der Waals surface area contributed by atoms with Crippen LogP contribution in [0.2, 0.25) is 0 Å². The molecule has 1 heterocycles. The molecule has 6 atom stereocenters. The molecule has 2 bridgehead atoms. The number of aromatic hydroxyl groups is 1. The molecule has 4 aliphatic carbocycles. The highest BCUT2D eigenvalue weighted by atomic mass is 79.9. The monoisotopic (exact) mass is 386 g/mol. The number of phenols is 1. The highest BCUT2D eigenvalue weighted by molar-refractivity contribution is 9.10. The van der Waals surface area contributed by atoms with Gasteiger partial charge in [-0.3, -0.25) is 9.59 Å². The Labute approximate surface area is 147 Å². The first-order valence-electron chi connectivity index (χ1n) is 8.15. The van der Waals surface area contributed by atoms with Crippen molar-refractivity contribution in [1.29, 1.82) is 0 Å². The summed E-state index contributed by atoms with van der Waals surface area (Å²) in [5, 5.41) is 14.8. The number of hydrazone groups is 1. The summed E-state index contributed by atoms with van der Waals surface area (Å²) in [6.07, 6.45) is 6.94. The third-order valence-electron chi connectivity index (χ3n) is 5.93. The summed E-state index contributed by atoms with van der Waals surface area (Å²) in [7, 11) is 0. The summed E-state index contributed by atoms with van der Waals surface area (Å²) in [6, 6.07) is 4.91. The number of benzene rings is 1. The number of phenolic OH excluding ortho intramolecular Hbond substituents is 1. The molecule has 2 amide bonds. The van der Waals surface area contributed by atoms with Gasteiger partial charge in [0, 0.05) is 0 Å². The van der Waals surface area contributed by atoms with Gasteiger partial charge in [-0.1, -0.05) is 12.2 Å². The lowest BCUT2D eigenvalue weighted by Gasteiger charge is -2.37. The van der Waals surface area contributed by atoms with Gasteiger partial charge in [-0.05, 0) is 69.8 Å². The van der Waals surface area contributed by atoms with E-state index in [1.165, 1.54) is 12.3 Å². The van der Waals surface area contributed by atoms with Crippen LogP contribution in [0, 0.1) is 35.5 Å². The van der Waals surface area contributed by atoms with Crippen LogP contribution in [0.15, 0.2) is 39.9 Å². The minimum atomic E-state index is -0.222. The molecule has 1 aliphatic heterocycles. The molecule has 1 aromatic carbocycles. The van der Waals surface area contributed by atoms with E-state index >= 15 is 0 Å². The molecule has 1 aromatic rings. The van der Waals surface area contributed by atoms with Gasteiger partial charge in [-0.15, -0.1) is 0 Å². The van der Waals surface area contributed by atoms with Gasteiger partial charge in [0.15, 0.2) is 0 Å². The summed E-state index contributed by atoms with van der Waals surface area (Å²) in [5.41, 5.74) is 0.707. The van der Waals surface area contributed by atoms with Crippen molar-refractivity contribution in [3.63, 3.8) is 0 Å². The van der Waals surface area contributed by atoms with Gasteiger partial charge in [0.25, 0.3) is 11.8 Å². The minimum absolute atomic E-state index is 0.133. The minimum Gasteiger partial charge on any atom is -0.507 e. The van der Waals surface area contributed by atoms with Gasteiger partial charge in [0.1, 0.15) is 5.75 Å². The molecule has 5 nitrogen and oxygen atoms in total. The van der Waals surface area contributed by atoms with Crippen molar-refractivity contribution >= 4 is 34.0 Å². The molecular formula is C18H15BrN2O3. The average molecular weight is 387 g/mol. The van der Waals surface area contributed by atoms with Crippen molar-refractivity contribution in [1.82, 2.24) is 5.01 Å². The molecule has 5 aliphatic rings. The Morgan fingerprint density at radius 2 is 1.75 bits per heavy atom. The van der Waals surface area contributed by atoms with E-state index in [0.29, 0.717) is 21.9 Å². The third-order valence-corrected chi connectivity index (χ3v) is 6.57. The fourth-order valence-corrected chi connectivity index (χ4v) is 5.18. The summed E-state index contributed by atoms with van der Waals surface area (Å²) in [5.74, 6) is 0.972. The molecule has 0 spiro atoms. The van der Waals surface area contributed by atoms with Crippen LogP contribution in [0.5, 0.6) is 5.75 Å². The Hall–Kier alpha value is -1.95. The fraction of sp³-hybridized carbons (Fsp3) is 0.389. The first-order valence-corrected chi connectivity index (χ1v) is 8.94. The van der Waals surface area contributed by atoms with E-state index in [-0.39, 0.29) is 41.2 Å². The molecule has 24 heavy (non-hydrogen) atoms. The number of hydrogen-bond acceptors (Lipinski definition) is 4. The van der Waals surface area contributed by atoms with Gasteiger partial charge in [-0.2, -0.15) is 10.1 Å². The Balaban J connectivity index is 1.44. The second kappa shape index (κ2) is 4.79. The molecule has 122 valence electrons. The number of carbonyl (C=O) groups is 2. The molecule has 1 N–H and O–H groups in total. The molecule has 2 saturated carbocycles. The average Bonchev–Trinajstić information content (AvgIpc) is 3.35. The molecule has 3 fully saturated rings. The number of amides is 2. The number of carbonyl (C=O) groups excluding carboxylic acids is 2. The first kappa shape index (κ1) is 14.4. The summed E-state index contributed by atoms with van der Waals surface area (Å²) < 4.78 is 0.543. The van der Waals surface area contributed by atoms with Crippen LogP contribution < -0.4 is 0 Å². The smallest absolute Gasteiger partial charge is 0.254 e. The maximum absolute atomic E-state index is 12.8. The van der Waals surface area contributed by atoms with Crippen molar-refractivity contribution in [3.8, 4) is 5.75 Å². The largest absolute Gasteiger partial charge is 0.507 e. The topological polar surface area (TPSA) is 70.0 Å². The Morgan fingerprint density at radius 1 is 1.12 bits per heavy atom. The van der Waals surface area contributed by atoms with E-state index in [1.807, 2.05) is 0 Å². The predicted octanol–water partition coefficient (Wildman–Crippen LogP) is 2.54. The standard InChI is InChI=1S/C18H15BrN2O3/c19-13-5-8(1-4-14(13)22)7-20-21-17(23)15-9-2-3-10(12-6-11(9)12)16(15)18(21)24/h1-5,7,9-12,15-16,22H,6H2/b20-7-/t9-,10-,11-,12+,15+,16-/m1/s1. The SMILES string of the molecule is O=C1[C@@H]2[C@@H]3C=C[C@H]([C@H]4C[C@@H]34)[C@@H]2C(=O)N1/N=C\c1ccc(O)c(Br)c1. The maximum atomic E-state index is 12.8. The van der Waals surface area contributed by atoms with Gasteiger partial charge in [0.05, 0.1) is 22.5 Å². The van der Waals surface area contributed by atoms with Crippen molar-refractivity contribution in [2.45, 2.75) is 6.42 Å². The number of allylic oxidation sites excluding steroid dienone is 2. The van der Waals surface area contributed by atoms with E-state index in [2.05, 4.69) is 33.2 Å².